The van der Waals surface area contributed by atoms with Gasteiger partial charge in [0.25, 0.3) is 0 Å². The Labute approximate surface area is 199 Å². The lowest BCUT2D eigenvalue weighted by atomic mass is 9.90. The maximum absolute atomic E-state index is 14.5. The van der Waals surface area contributed by atoms with Gasteiger partial charge in [0.15, 0.2) is 9.64 Å². The van der Waals surface area contributed by atoms with Crippen molar-refractivity contribution < 1.29 is 44.5 Å². The van der Waals surface area contributed by atoms with Crippen LogP contribution in [0.2, 0.25) is 0 Å². The van der Waals surface area contributed by atoms with E-state index in [9.17, 15) is 44.5 Å². The van der Waals surface area contributed by atoms with Crippen LogP contribution in [-0.4, -0.2) is 41.3 Å². The van der Waals surface area contributed by atoms with E-state index in [1.54, 1.807) is 0 Å². The van der Waals surface area contributed by atoms with Gasteiger partial charge in [0, 0.05) is 24.1 Å². The van der Waals surface area contributed by atoms with Gasteiger partial charge in [-0.3, -0.25) is 4.79 Å². The first-order chi connectivity index (χ1) is 16.0. The number of hydrogen-bond acceptors (Lipinski definition) is 2. The Balaban J connectivity index is 2.10. The summed E-state index contributed by atoms with van der Waals surface area (Å²) in [5.41, 5.74) is -8.79. The highest BCUT2D eigenvalue weighted by Gasteiger charge is 2.73. The molecule has 1 amide bonds. The van der Waals surface area contributed by atoms with E-state index in [4.69, 9.17) is 0 Å². The molecule has 1 heterocycles. The van der Waals surface area contributed by atoms with Gasteiger partial charge >= 0.3 is 18.0 Å². The zero-order valence-corrected chi connectivity index (χ0v) is 19.3. The molecule has 192 valence electrons. The van der Waals surface area contributed by atoms with Crippen molar-refractivity contribution >= 4 is 17.6 Å². The highest BCUT2D eigenvalue weighted by atomic mass is 32.2. The molecular weight excluding hydrogens is 506 g/mol. The van der Waals surface area contributed by atoms with E-state index in [1.165, 1.54) is 43.0 Å². The van der Waals surface area contributed by atoms with Crippen LogP contribution in [0.5, 0.6) is 0 Å². The number of amides is 1. The summed E-state index contributed by atoms with van der Waals surface area (Å²) in [6, 6.07) is 8.19. The van der Waals surface area contributed by atoms with E-state index in [0.717, 1.165) is 12.1 Å². The third-order valence-corrected chi connectivity index (χ3v) is 8.05. The fourth-order valence-corrected chi connectivity index (χ4v) is 5.89. The molecule has 0 radical (unpaired) electrons. The summed E-state index contributed by atoms with van der Waals surface area (Å²) < 4.78 is 120. The molecule has 0 saturated carbocycles. The van der Waals surface area contributed by atoms with E-state index in [-0.39, 0.29) is 35.5 Å². The molecule has 3 nitrogen and oxygen atoms in total. The SMILES string of the molecule is CC(C)(F)c1cccc([S+]([O-])C2(c3ccc(C(F)(C(F)(F)F)C(F)(F)F)cc3)CCN(C=O)C2)c1. The van der Waals surface area contributed by atoms with Crippen LogP contribution in [0.4, 0.5) is 35.1 Å². The Bertz CT molecular complexity index is 1050. The number of halogens is 8. The van der Waals surface area contributed by atoms with Crippen molar-refractivity contribution in [2.24, 2.45) is 0 Å². The second-order valence-electron chi connectivity index (χ2n) is 8.82. The van der Waals surface area contributed by atoms with Crippen molar-refractivity contribution in [2.75, 3.05) is 13.1 Å². The van der Waals surface area contributed by atoms with Gasteiger partial charge in [-0.15, -0.1) is 0 Å². The van der Waals surface area contributed by atoms with Gasteiger partial charge in [0.1, 0.15) is 5.67 Å². The largest absolute Gasteiger partial charge is 0.611 e. The van der Waals surface area contributed by atoms with Crippen LogP contribution in [0.3, 0.4) is 0 Å². The highest BCUT2D eigenvalue weighted by molar-refractivity contribution is 7.92. The van der Waals surface area contributed by atoms with E-state index in [1.807, 2.05) is 0 Å². The van der Waals surface area contributed by atoms with Crippen molar-refractivity contribution in [1.29, 1.82) is 0 Å². The monoisotopic (exact) mass is 527 g/mol. The molecule has 35 heavy (non-hydrogen) atoms. The van der Waals surface area contributed by atoms with Gasteiger partial charge in [-0.1, -0.05) is 36.4 Å². The minimum absolute atomic E-state index is 0.0558. The lowest BCUT2D eigenvalue weighted by Crippen LogP contribution is -2.50. The Morgan fingerprint density at radius 2 is 1.49 bits per heavy atom. The molecule has 0 bridgehead atoms. The van der Waals surface area contributed by atoms with Gasteiger partial charge in [0.05, 0.1) is 6.54 Å². The second kappa shape index (κ2) is 8.95. The fourth-order valence-electron chi connectivity index (χ4n) is 4.09. The second-order valence-corrected chi connectivity index (χ2v) is 10.6. The lowest BCUT2D eigenvalue weighted by Gasteiger charge is -2.33. The van der Waals surface area contributed by atoms with Gasteiger partial charge in [-0.2, -0.15) is 26.3 Å². The molecule has 2 aromatic rings. The maximum Gasteiger partial charge on any atom is 0.435 e. The Morgan fingerprint density at radius 1 is 0.914 bits per heavy atom. The summed E-state index contributed by atoms with van der Waals surface area (Å²) in [6.07, 6.45) is -12.0. The van der Waals surface area contributed by atoms with Crippen LogP contribution in [0.25, 0.3) is 0 Å². The van der Waals surface area contributed by atoms with E-state index < -0.39 is 45.2 Å². The number of carbonyl (C=O) groups is 1. The molecule has 12 heteroatoms. The molecule has 1 aliphatic heterocycles. The van der Waals surface area contributed by atoms with E-state index in [0.29, 0.717) is 18.5 Å². The van der Waals surface area contributed by atoms with Crippen LogP contribution in [0.1, 0.15) is 37.0 Å². The van der Waals surface area contributed by atoms with Gasteiger partial charge in [-0.05, 0) is 42.7 Å². The number of alkyl halides is 8. The van der Waals surface area contributed by atoms with Crippen molar-refractivity contribution in [1.82, 2.24) is 4.90 Å². The number of benzene rings is 2. The lowest BCUT2D eigenvalue weighted by molar-refractivity contribution is -0.348. The third kappa shape index (κ3) is 4.74. The number of nitrogens with zero attached hydrogens (tertiary/aromatic N) is 1. The normalized spacial score (nSPS) is 20.7. The summed E-state index contributed by atoms with van der Waals surface area (Å²) in [5.74, 6) is 0. The summed E-state index contributed by atoms with van der Waals surface area (Å²) in [5, 5.41) is 0. The summed E-state index contributed by atoms with van der Waals surface area (Å²) in [4.78, 5) is 12.8. The maximum atomic E-state index is 14.5. The Hall–Kier alpha value is -2.34. The van der Waals surface area contributed by atoms with Gasteiger partial charge in [-0.25, -0.2) is 8.78 Å². The van der Waals surface area contributed by atoms with Crippen molar-refractivity contribution in [3.8, 4) is 0 Å². The van der Waals surface area contributed by atoms with E-state index >= 15 is 0 Å². The molecule has 1 aliphatic rings. The summed E-state index contributed by atoms with van der Waals surface area (Å²) in [6.45, 7) is 2.53. The first kappa shape index (κ1) is 27.3. The fraction of sp³-hybridized carbons (Fsp3) is 0.435. The molecule has 2 unspecified atom stereocenters. The highest BCUT2D eigenvalue weighted by Crippen LogP contribution is 2.53. The molecule has 1 saturated heterocycles. The molecule has 0 spiro atoms. The molecule has 0 aromatic heterocycles. The Kier molecular flexibility index (Phi) is 6.97. The molecule has 3 rings (SSSR count). The molecule has 2 atom stereocenters. The average Bonchev–Trinajstić information content (AvgIpc) is 3.22. The topological polar surface area (TPSA) is 43.4 Å². The van der Waals surface area contributed by atoms with Gasteiger partial charge in [0.2, 0.25) is 6.41 Å². The first-order valence-electron chi connectivity index (χ1n) is 10.3. The molecular formula is C23H21F8NO2S. The predicted octanol–water partition coefficient (Wildman–Crippen LogP) is 6.05. The minimum atomic E-state index is -6.27. The van der Waals surface area contributed by atoms with Gasteiger partial charge < -0.3 is 9.45 Å². The summed E-state index contributed by atoms with van der Waals surface area (Å²) >= 11 is -2.00. The van der Waals surface area contributed by atoms with Crippen LogP contribution in [0.15, 0.2) is 53.4 Å². The van der Waals surface area contributed by atoms with Crippen molar-refractivity contribution in [3.63, 3.8) is 0 Å². The first-order valence-corrected chi connectivity index (χ1v) is 11.5. The molecule has 1 fully saturated rings. The van der Waals surface area contributed by atoms with Crippen LogP contribution < -0.4 is 0 Å². The molecule has 0 N–H and O–H groups in total. The number of likely N-dealkylation sites (tertiary alicyclic amines) is 1. The predicted molar refractivity (Wildman–Crippen MR) is 112 cm³/mol. The van der Waals surface area contributed by atoms with Crippen molar-refractivity contribution in [3.05, 3.63) is 65.2 Å². The Morgan fingerprint density at radius 3 is 1.94 bits per heavy atom. The average molecular weight is 527 g/mol. The van der Waals surface area contributed by atoms with Crippen LogP contribution in [-0.2, 0) is 32.1 Å². The number of hydrogen-bond donors (Lipinski definition) is 0. The smallest absolute Gasteiger partial charge is 0.435 e. The zero-order chi connectivity index (χ0) is 26.4. The minimum Gasteiger partial charge on any atom is -0.611 e. The van der Waals surface area contributed by atoms with Crippen LogP contribution in [0, 0.1) is 0 Å². The standard InChI is InChI=1S/C23H21F8NO2S/c1-19(2,24)17-4-3-5-18(12-17)35(34)20(10-11-32(13-20)14-33)15-6-8-16(9-7-15)21(25,22(26,27)28)23(29,30)31/h3-9,12,14H,10-11,13H2,1-2H3. The zero-order valence-electron chi connectivity index (χ0n) is 18.5. The number of carbonyl (C=O) groups excluding carboxylic acids is 1. The molecule has 0 aliphatic carbocycles. The van der Waals surface area contributed by atoms with Crippen LogP contribution >= 0.6 is 0 Å². The van der Waals surface area contributed by atoms with Crippen molar-refractivity contribution in [2.45, 2.75) is 53.6 Å². The third-order valence-electron chi connectivity index (χ3n) is 6.09. The van der Waals surface area contributed by atoms with E-state index in [2.05, 4.69) is 0 Å². The molecule has 2 aromatic carbocycles. The number of rotatable bonds is 6. The quantitative estimate of drug-likeness (QED) is 0.261. The summed E-state index contributed by atoms with van der Waals surface area (Å²) in [7, 11) is 0.